The third-order valence-corrected chi connectivity index (χ3v) is 6.90. The number of aryl methyl sites for hydroxylation is 1. The molecule has 7 nitrogen and oxygen atoms in total. The second kappa shape index (κ2) is 6.16. The van der Waals surface area contributed by atoms with Gasteiger partial charge in [-0.2, -0.15) is 0 Å². The largest absolute Gasteiger partial charge is 0.371 e. The van der Waals surface area contributed by atoms with Crippen LogP contribution in [0.3, 0.4) is 0 Å². The zero-order chi connectivity index (χ0) is 22.3. The molecule has 0 fully saturated rings. The van der Waals surface area contributed by atoms with E-state index in [9.17, 15) is 12.8 Å². The summed E-state index contributed by atoms with van der Waals surface area (Å²) in [6, 6.07) is 8.31. The van der Waals surface area contributed by atoms with Gasteiger partial charge in [-0.3, -0.25) is 4.57 Å². The van der Waals surface area contributed by atoms with Crippen molar-refractivity contribution >= 4 is 26.6 Å². The lowest BCUT2D eigenvalue weighted by atomic mass is 9.92. The summed E-state index contributed by atoms with van der Waals surface area (Å²) in [6.07, 6.45) is 2.56. The summed E-state index contributed by atoms with van der Waals surface area (Å²) >= 11 is 0. The Morgan fingerprint density at radius 3 is 2.52 bits per heavy atom. The predicted molar refractivity (Wildman–Crippen MR) is 119 cm³/mol. The highest BCUT2D eigenvalue weighted by Crippen LogP contribution is 2.42. The summed E-state index contributed by atoms with van der Waals surface area (Å²) in [6.45, 7) is 7.97. The van der Waals surface area contributed by atoms with Crippen molar-refractivity contribution in [3.05, 3.63) is 59.6 Å². The Morgan fingerprint density at radius 2 is 1.81 bits per heavy atom. The van der Waals surface area contributed by atoms with Gasteiger partial charge in [0.25, 0.3) is 0 Å². The smallest absolute Gasteiger partial charge is 0.236 e. The number of aromatic nitrogens is 4. The molecule has 0 atom stereocenters. The SMILES string of the molecule is Cc1c(-c2cc(F)cc3c2ccn3S(C)(=O)=O)ccc2c1-n1c(C)nnc1C(C)(C)N2. The lowest BCUT2D eigenvalue weighted by molar-refractivity contribution is 0.535. The van der Waals surface area contributed by atoms with Crippen LogP contribution in [-0.2, 0) is 15.6 Å². The quantitative estimate of drug-likeness (QED) is 0.508. The average molecular weight is 440 g/mol. The molecule has 3 heterocycles. The molecule has 0 radical (unpaired) electrons. The number of halogens is 1. The number of nitrogens with one attached hydrogen (secondary N) is 1. The van der Waals surface area contributed by atoms with Crippen LogP contribution in [0.1, 0.15) is 31.1 Å². The monoisotopic (exact) mass is 439 g/mol. The van der Waals surface area contributed by atoms with E-state index in [-0.39, 0.29) is 0 Å². The minimum atomic E-state index is -3.56. The Kier molecular flexibility index (Phi) is 3.93. The number of hydrogen-bond acceptors (Lipinski definition) is 5. The number of benzene rings is 2. The minimum absolute atomic E-state index is 0.315. The van der Waals surface area contributed by atoms with Crippen molar-refractivity contribution in [2.24, 2.45) is 0 Å². The van der Waals surface area contributed by atoms with Gasteiger partial charge in [0.05, 0.1) is 28.7 Å². The molecular weight excluding hydrogens is 417 g/mol. The Labute approximate surface area is 179 Å². The molecule has 0 spiro atoms. The molecule has 160 valence electrons. The van der Waals surface area contributed by atoms with Crippen molar-refractivity contribution in [2.45, 2.75) is 33.2 Å². The van der Waals surface area contributed by atoms with Crippen molar-refractivity contribution in [2.75, 3.05) is 11.6 Å². The van der Waals surface area contributed by atoms with Gasteiger partial charge < -0.3 is 5.32 Å². The lowest BCUT2D eigenvalue weighted by Gasteiger charge is -2.35. The van der Waals surface area contributed by atoms with E-state index in [0.717, 1.165) is 44.4 Å². The highest BCUT2D eigenvalue weighted by atomic mass is 32.2. The molecule has 5 rings (SSSR count). The second-order valence-electron chi connectivity index (χ2n) is 8.55. The average Bonchev–Trinajstić information content (AvgIpc) is 3.25. The van der Waals surface area contributed by atoms with Gasteiger partial charge in [0.2, 0.25) is 10.0 Å². The molecule has 4 aromatic rings. The fourth-order valence-corrected chi connectivity index (χ4v) is 5.29. The summed E-state index contributed by atoms with van der Waals surface area (Å²) in [5.41, 5.74) is 4.13. The second-order valence-corrected chi connectivity index (χ2v) is 10.4. The third-order valence-electron chi connectivity index (χ3n) is 5.87. The molecule has 1 aliphatic rings. The van der Waals surface area contributed by atoms with Crippen molar-refractivity contribution in [3.8, 4) is 16.8 Å². The van der Waals surface area contributed by atoms with E-state index in [1.165, 1.54) is 18.3 Å². The molecule has 1 aliphatic heterocycles. The van der Waals surface area contributed by atoms with Gasteiger partial charge in [0.15, 0.2) is 5.82 Å². The standard InChI is InChI=1S/C22H22FN5O2S/c1-12-15(17-10-14(23)11-19-16(17)8-9-27(19)31(5,29)30)6-7-18-20(12)28-13(2)25-26-21(28)22(3,4)24-18/h6-11,24H,1-5H3. The predicted octanol–water partition coefficient (Wildman–Crippen LogP) is 4.11. The van der Waals surface area contributed by atoms with Gasteiger partial charge >= 0.3 is 0 Å². The van der Waals surface area contributed by atoms with Crippen LogP contribution in [0.15, 0.2) is 36.5 Å². The molecule has 0 amide bonds. The maximum absolute atomic E-state index is 14.6. The van der Waals surface area contributed by atoms with Crippen LogP contribution < -0.4 is 5.32 Å². The fourth-order valence-electron chi connectivity index (χ4n) is 4.50. The number of nitrogens with zero attached hydrogens (tertiary/aromatic N) is 4. The number of anilines is 1. The normalized spacial score (nSPS) is 14.9. The Hall–Kier alpha value is -3.20. The van der Waals surface area contributed by atoms with E-state index in [1.54, 1.807) is 6.07 Å². The summed E-state index contributed by atoms with van der Waals surface area (Å²) in [7, 11) is -3.56. The first-order valence-corrected chi connectivity index (χ1v) is 11.7. The van der Waals surface area contributed by atoms with Gasteiger partial charge in [-0.1, -0.05) is 6.07 Å². The van der Waals surface area contributed by atoms with Gasteiger partial charge in [-0.25, -0.2) is 16.8 Å². The first-order chi connectivity index (χ1) is 14.5. The van der Waals surface area contributed by atoms with Crippen LogP contribution in [-0.4, -0.2) is 33.4 Å². The molecule has 0 bridgehead atoms. The summed E-state index contributed by atoms with van der Waals surface area (Å²) < 4.78 is 42.0. The fraction of sp³-hybridized carbons (Fsp3) is 0.273. The minimum Gasteiger partial charge on any atom is -0.371 e. The lowest BCUT2D eigenvalue weighted by Crippen LogP contribution is -2.36. The molecule has 2 aromatic heterocycles. The van der Waals surface area contributed by atoms with Crippen molar-refractivity contribution < 1.29 is 12.8 Å². The number of rotatable bonds is 2. The molecule has 31 heavy (non-hydrogen) atoms. The zero-order valence-electron chi connectivity index (χ0n) is 17.9. The van der Waals surface area contributed by atoms with Crippen LogP contribution in [0.2, 0.25) is 0 Å². The van der Waals surface area contributed by atoms with Crippen LogP contribution >= 0.6 is 0 Å². The van der Waals surface area contributed by atoms with Crippen molar-refractivity contribution in [3.63, 3.8) is 0 Å². The number of hydrogen-bond donors (Lipinski definition) is 1. The third kappa shape index (κ3) is 2.79. The number of fused-ring (bicyclic) bond motifs is 4. The van der Waals surface area contributed by atoms with Gasteiger partial charge in [-0.05, 0) is 68.7 Å². The molecule has 1 N–H and O–H groups in total. The van der Waals surface area contributed by atoms with Crippen molar-refractivity contribution in [1.29, 1.82) is 0 Å². The van der Waals surface area contributed by atoms with Gasteiger partial charge in [-0.15, -0.1) is 10.2 Å². The van der Waals surface area contributed by atoms with Crippen molar-refractivity contribution in [1.82, 2.24) is 18.7 Å². The topological polar surface area (TPSA) is 81.8 Å². The zero-order valence-corrected chi connectivity index (χ0v) is 18.7. The Bertz CT molecular complexity index is 1500. The van der Waals surface area contributed by atoms with Gasteiger partial charge in [0, 0.05) is 11.6 Å². The molecular formula is C22H22FN5O2S. The van der Waals surface area contributed by atoms with E-state index < -0.39 is 21.4 Å². The van der Waals surface area contributed by atoms with E-state index in [0.29, 0.717) is 16.5 Å². The molecule has 0 unspecified atom stereocenters. The molecule has 0 saturated carbocycles. The first-order valence-electron chi connectivity index (χ1n) is 9.85. The van der Waals surface area contributed by atoms with Crippen LogP contribution in [0.5, 0.6) is 0 Å². The molecule has 0 saturated heterocycles. The Morgan fingerprint density at radius 1 is 1.06 bits per heavy atom. The van der Waals surface area contributed by atoms with E-state index in [4.69, 9.17) is 0 Å². The first kappa shape index (κ1) is 19.7. The molecule has 9 heteroatoms. The van der Waals surface area contributed by atoms with E-state index >= 15 is 0 Å². The summed E-state index contributed by atoms with van der Waals surface area (Å²) in [4.78, 5) is 0. The van der Waals surface area contributed by atoms with E-state index in [2.05, 4.69) is 15.5 Å². The van der Waals surface area contributed by atoms with Crippen LogP contribution in [0.25, 0.3) is 27.7 Å². The highest BCUT2D eigenvalue weighted by Gasteiger charge is 2.35. The maximum atomic E-state index is 14.6. The van der Waals surface area contributed by atoms with Crippen LogP contribution in [0, 0.1) is 19.7 Å². The highest BCUT2D eigenvalue weighted by molar-refractivity contribution is 7.89. The summed E-state index contributed by atoms with van der Waals surface area (Å²) in [5, 5.41) is 12.8. The van der Waals surface area contributed by atoms with Crippen LogP contribution in [0.4, 0.5) is 10.1 Å². The van der Waals surface area contributed by atoms with Gasteiger partial charge in [0.1, 0.15) is 11.6 Å². The molecule has 0 aliphatic carbocycles. The summed E-state index contributed by atoms with van der Waals surface area (Å²) in [5.74, 6) is 1.06. The van der Waals surface area contributed by atoms with E-state index in [1.807, 2.05) is 44.4 Å². The Balaban J connectivity index is 1.82. The maximum Gasteiger partial charge on any atom is 0.236 e. The molecule has 2 aromatic carbocycles.